The van der Waals surface area contributed by atoms with E-state index in [1.54, 1.807) is 0 Å². The van der Waals surface area contributed by atoms with Crippen molar-refractivity contribution in [2.45, 2.75) is 0 Å². The van der Waals surface area contributed by atoms with Crippen LogP contribution >= 0.6 is 11.6 Å². The summed E-state index contributed by atoms with van der Waals surface area (Å²) >= 11 is 6.01. The molecule has 4 rings (SSSR count). The second-order valence-corrected chi connectivity index (χ2v) is 7.41. The number of para-hydroxylation sites is 1. The molecular formula is C24H20ClN3O. The number of fused-ring (bicyclic) bond motifs is 1. The molecule has 0 aliphatic carbocycles. The van der Waals surface area contributed by atoms with Gasteiger partial charge in [-0.05, 0) is 48.5 Å². The monoisotopic (exact) mass is 401 g/mol. The highest BCUT2D eigenvalue weighted by Crippen LogP contribution is 2.27. The molecule has 3 aromatic carbocycles. The number of pyridine rings is 1. The van der Waals surface area contributed by atoms with E-state index in [1.165, 1.54) is 0 Å². The SMILES string of the molecule is CN(C)c1ccc(NC(=O)c2cc(-c3ccc(Cl)cc3)nc3ccccc23)cc1. The Kier molecular flexibility index (Phi) is 5.19. The summed E-state index contributed by atoms with van der Waals surface area (Å²) < 4.78 is 0. The number of rotatable bonds is 4. The molecule has 0 atom stereocenters. The molecule has 1 heterocycles. The predicted molar refractivity (Wildman–Crippen MR) is 121 cm³/mol. The number of halogens is 1. The summed E-state index contributed by atoms with van der Waals surface area (Å²) in [5.41, 5.74) is 4.81. The smallest absolute Gasteiger partial charge is 0.256 e. The zero-order chi connectivity index (χ0) is 20.4. The zero-order valence-corrected chi connectivity index (χ0v) is 16.9. The average molecular weight is 402 g/mol. The molecule has 4 aromatic rings. The third-order valence-corrected chi connectivity index (χ3v) is 4.99. The van der Waals surface area contributed by atoms with Crippen LogP contribution in [0.4, 0.5) is 11.4 Å². The third-order valence-electron chi connectivity index (χ3n) is 4.74. The second-order valence-electron chi connectivity index (χ2n) is 6.97. The van der Waals surface area contributed by atoms with Gasteiger partial charge in [-0.15, -0.1) is 0 Å². The Morgan fingerprint density at radius 2 is 1.62 bits per heavy atom. The molecule has 29 heavy (non-hydrogen) atoms. The van der Waals surface area contributed by atoms with Crippen LogP contribution in [0, 0.1) is 0 Å². The van der Waals surface area contributed by atoms with Crippen molar-refractivity contribution in [2.75, 3.05) is 24.3 Å². The van der Waals surface area contributed by atoms with E-state index >= 15 is 0 Å². The number of carbonyl (C=O) groups is 1. The highest BCUT2D eigenvalue weighted by molar-refractivity contribution is 6.30. The van der Waals surface area contributed by atoms with Crippen LogP contribution in [0.1, 0.15) is 10.4 Å². The minimum atomic E-state index is -0.170. The van der Waals surface area contributed by atoms with Gasteiger partial charge in [0.15, 0.2) is 0 Å². The number of hydrogen-bond donors (Lipinski definition) is 1. The highest BCUT2D eigenvalue weighted by Gasteiger charge is 2.14. The molecular weight excluding hydrogens is 382 g/mol. The molecule has 0 bridgehead atoms. The van der Waals surface area contributed by atoms with Crippen LogP contribution in [0.25, 0.3) is 22.2 Å². The van der Waals surface area contributed by atoms with Gasteiger partial charge >= 0.3 is 0 Å². The van der Waals surface area contributed by atoms with E-state index in [2.05, 4.69) is 5.32 Å². The van der Waals surface area contributed by atoms with Gasteiger partial charge in [-0.3, -0.25) is 4.79 Å². The molecule has 1 N–H and O–H groups in total. The maximum absolute atomic E-state index is 13.1. The fraction of sp³-hybridized carbons (Fsp3) is 0.0833. The zero-order valence-electron chi connectivity index (χ0n) is 16.2. The lowest BCUT2D eigenvalue weighted by atomic mass is 10.0. The van der Waals surface area contributed by atoms with Gasteiger partial charge in [0.25, 0.3) is 5.91 Å². The topological polar surface area (TPSA) is 45.2 Å². The van der Waals surface area contributed by atoms with Crippen LogP contribution in [-0.2, 0) is 0 Å². The first-order chi connectivity index (χ1) is 14.0. The normalized spacial score (nSPS) is 10.7. The number of amides is 1. The molecule has 0 unspecified atom stereocenters. The number of benzene rings is 3. The molecule has 0 spiro atoms. The Morgan fingerprint density at radius 1 is 0.931 bits per heavy atom. The molecule has 0 radical (unpaired) electrons. The number of carbonyl (C=O) groups excluding carboxylic acids is 1. The van der Waals surface area contributed by atoms with Crippen LogP contribution in [0.5, 0.6) is 0 Å². The van der Waals surface area contributed by atoms with Gasteiger partial charge in [0.2, 0.25) is 0 Å². The summed E-state index contributed by atoms with van der Waals surface area (Å²) in [4.78, 5) is 19.9. The van der Waals surface area contributed by atoms with Crippen molar-refractivity contribution in [2.24, 2.45) is 0 Å². The summed E-state index contributed by atoms with van der Waals surface area (Å²) in [6, 6.07) is 24.7. The third kappa shape index (κ3) is 4.08. The van der Waals surface area contributed by atoms with Crippen LogP contribution in [0.2, 0.25) is 5.02 Å². The van der Waals surface area contributed by atoms with Gasteiger partial charge in [-0.1, -0.05) is 41.9 Å². The van der Waals surface area contributed by atoms with Gasteiger partial charge in [-0.2, -0.15) is 0 Å². The standard InChI is InChI=1S/C24H20ClN3O/c1-28(2)19-13-11-18(12-14-19)26-24(29)21-15-23(16-7-9-17(25)10-8-16)27-22-6-4-3-5-20(21)22/h3-15H,1-2H3,(H,26,29). The maximum atomic E-state index is 13.1. The van der Waals surface area contributed by atoms with Crippen molar-refractivity contribution < 1.29 is 4.79 Å². The first kappa shape index (κ1) is 19.0. The summed E-state index contributed by atoms with van der Waals surface area (Å²) in [6.07, 6.45) is 0. The van der Waals surface area contributed by atoms with Crippen molar-refractivity contribution in [3.05, 3.63) is 89.4 Å². The molecule has 0 aliphatic heterocycles. The number of nitrogens with one attached hydrogen (secondary N) is 1. The lowest BCUT2D eigenvalue weighted by Gasteiger charge is -2.14. The first-order valence-electron chi connectivity index (χ1n) is 9.26. The van der Waals surface area contributed by atoms with Gasteiger partial charge in [0.05, 0.1) is 16.8 Å². The van der Waals surface area contributed by atoms with Gasteiger partial charge < -0.3 is 10.2 Å². The fourth-order valence-electron chi connectivity index (χ4n) is 3.17. The lowest BCUT2D eigenvalue weighted by Crippen LogP contribution is -2.13. The number of anilines is 2. The number of aromatic nitrogens is 1. The Balaban J connectivity index is 1.73. The van der Waals surface area contributed by atoms with Gasteiger partial charge in [0, 0.05) is 41.4 Å². The molecule has 0 saturated heterocycles. The van der Waals surface area contributed by atoms with E-state index in [4.69, 9.17) is 16.6 Å². The Bertz CT molecular complexity index is 1170. The Labute approximate surface area is 174 Å². The highest BCUT2D eigenvalue weighted by atomic mass is 35.5. The molecule has 1 aromatic heterocycles. The van der Waals surface area contributed by atoms with Crippen LogP contribution in [-0.4, -0.2) is 25.0 Å². The van der Waals surface area contributed by atoms with E-state index in [0.29, 0.717) is 10.6 Å². The van der Waals surface area contributed by atoms with Crippen LogP contribution < -0.4 is 10.2 Å². The molecule has 0 aliphatic rings. The summed E-state index contributed by atoms with van der Waals surface area (Å²) in [7, 11) is 3.96. The summed E-state index contributed by atoms with van der Waals surface area (Å²) in [5.74, 6) is -0.170. The van der Waals surface area contributed by atoms with Crippen LogP contribution in [0.15, 0.2) is 78.9 Å². The fourth-order valence-corrected chi connectivity index (χ4v) is 3.30. The molecule has 0 fully saturated rings. The maximum Gasteiger partial charge on any atom is 0.256 e. The van der Waals surface area contributed by atoms with Gasteiger partial charge in [0.1, 0.15) is 0 Å². The summed E-state index contributed by atoms with van der Waals surface area (Å²) in [5, 5.41) is 4.47. The molecule has 144 valence electrons. The van der Waals surface area contributed by atoms with Crippen molar-refractivity contribution in [1.29, 1.82) is 0 Å². The van der Waals surface area contributed by atoms with E-state index in [9.17, 15) is 4.79 Å². The molecule has 5 heteroatoms. The van der Waals surface area contributed by atoms with E-state index in [1.807, 2.05) is 97.9 Å². The van der Waals surface area contributed by atoms with E-state index in [-0.39, 0.29) is 5.91 Å². The molecule has 0 saturated carbocycles. The Morgan fingerprint density at radius 3 is 2.31 bits per heavy atom. The van der Waals surface area contributed by atoms with Crippen molar-refractivity contribution in [3.63, 3.8) is 0 Å². The first-order valence-corrected chi connectivity index (χ1v) is 9.63. The minimum absolute atomic E-state index is 0.170. The van der Waals surface area contributed by atoms with Crippen molar-refractivity contribution in [3.8, 4) is 11.3 Å². The number of nitrogens with zero attached hydrogens (tertiary/aromatic N) is 2. The summed E-state index contributed by atoms with van der Waals surface area (Å²) in [6.45, 7) is 0. The number of hydrogen-bond acceptors (Lipinski definition) is 3. The molecule has 4 nitrogen and oxygen atoms in total. The van der Waals surface area contributed by atoms with E-state index < -0.39 is 0 Å². The lowest BCUT2D eigenvalue weighted by molar-refractivity contribution is 0.102. The molecule has 1 amide bonds. The average Bonchev–Trinajstić information content (AvgIpc) is 2.74. The Hall–Kier alpha value is -3.37. The van der Waals surface area contributed by atoms with Gasteiger partial charge in [-0.25, -0.2) is 4.98 Å². The quantitative estimate of drug-likeness (QED) is 0.465. The minimum Gasteiger partial charge on any atom is -0.378 e. The van der Waals surface area contributed by atoms with E-state index in [0.717, 1.165) is 33.5 Å². The van der Waals surface area contributed by atoms with Crippen molar-refractivity contribution >= 4 is 39.8 Å². The van der Waals surface area contributed by atoms with Crippen LogP contribution in [0.3, 0.4) is 0 Å². The second kappa shape index (κ2) is 7.94. The predicted octanol–water partition coefficient (Wildman–Crippen LogP) is 5.87. The van der Waals surface area contributed by atoms with Crippen molar-refractivity contribution in [1.82, 2.24) is 4.98 Å². The largest absolute Gasteiger partial charge is 0.378 e.